The van der Waals surface area contributed by atoms with E-state index in [0.29, 0.717) is 12.2 Å². The van der Waals surface area contributed by atoms with E-state index in [2.05, 4.69) is 11.9 Å². The molecule has 20 heavy (non-hydrogen) atoms. The molecule has 0 heterocycles. The van der Waals surface area contributed by atoms with Gasteiger partial charge in [0, 0.05) is 24.3 Å². The number of carboxylic acid groups (broad SMARTS) is 1. The van der Waals surface area contributed by atoms with Gasteiger partial charge in [-0.3, -0.25) is 0 Å². The molecule has 1 rings (SSSR count). The Hall–Kier alpha value is -2.01. The van der Waals surface area contributed by atoms with Crippen molar-refractivity contribution in [2.45, 2.75) is 12.8 Å². The number of allylic oxidation sites excluding steroid dienone is 1. The lowest BCUT2D eigenvalue weighted by atomic mass is 10.2. The maximum Gasteiger partial charge on any atom is 0.335 e. The van der Waals surface area contributed by atoms with Crippen LogP contribution in [0.3, 0.4) is 0 Å². The lowest BCUT2D eigenvalue weighted by Crippen LogP contribution is -2.32. The molecule has 0 atom stereocenters. The van der Waals surface area contributed by atoms with Crippen molar-refractivity contribution in [2.24, 2.45) is 0 Å². The molecule has 0 bridgehead atoms. The third-order valence-electron chi connectivity index (χ3n) is 2.64. The average Bonchev–Trinajstić information content (AvgIpc) is 2.38. The number of carbonyl (C=O) groups excluding carboxylic acids is 1. The molecule has 0 unspecified atom stereocenters. The number of amides is 2. The Bertz CT molecular complexity index is 517. The van der Waals surface area contributed by atoms with Crippen LogP contribution in [0.5, 0.6) is 0 Å². The maximum atomic E-state index is 11.9. The second-order valence-corrected chi connectivity index (χ2v) is 4.75. The third kappa shape index (κ3) is 4.93. The Labute approximate surface area is 122 Å². The molecule has 6 heteroatoms. The molecule has 0 fully saturated rings. The predicted molar refractivity (Wildman–Crippen MR) is 79.5 cm³/mol. The van der Waals surface area contributed by atoms with E-state index in [1.165, 1.54) is 23.1 Å². The minimum Gasteiger partial charge on any atom is -0.478 e. The molecule has 1 aromatic carbocycles. The summed E-state index contributed by atoms with van der Waals surface area (Å²) in [6.45, 7) is 4.20. The van der Waals surface area contributed by atoms with Crippen LogP contribution in [0, 0.1) is 0 Å². The molecule has 0 saturated carbocycles. The second kappa shape index (κ2) is 7.55. The molecule has 2 N–H and O–H groups in total. The van der Waals surface area contributed by atoms with Gasteiger partial charge in [-0.05, 0) is 31.0 Å². The molecule has 1 aromatic rings. The molecule has 5 nitrogen and oxygen atoms in total. The van der Waals surface area contributed by atoms with Crippen molar-refractivity contribution in [3.8, 4) is 0 Å². The molecule has 108 valence electrons. The van der Waals surface area contributed by atoms with Gasteiger partial charge < -0.3 is 15.3 Å². The van der Waals surface area contributed by atoms with Gasteiger partial charge in [0.05, 0.1) is 5.56 Å². The van der Waals surface area contributed by atoms with E-state index < -0.39 is 5.97 Å². The van der Waals surface area contributed by atoms with Crippen molar-refractivity contribution in [1.29, 1.82) is 0 Å². The fourth-order valence-corrected chi connectivity index (χ4v) is 1.81. The molecule has 0 radical (unpaired) electrons. The average molecular weight is 297 g/mol. The van der Waals surface area contributed by atoms with Crippen LogP contribution in [0.15, 0.2) is 30.9 Å². The van der Waals surface area contributed by atoms with Crippen molar-refractivity contribution in [3.63, 3.8) is 0 Å². The fourth-order valence-electron chi connectivity index (χ4n) is 1.58. The highest BCUT2D eigenvalue weighted by Crippen LogP contribution is 2.19. The van der Waals surface area contributed by atoms with Crippen LogP contribution in [0.2, 0.25) is 5.02 Å². The number of urea groups is 1. The largest absolute Gasteiger partial charge is 0.478 e. The molecule has 2 amide bonds. The number of rotatable bonds is 6. The molecule has 0 aliphatic heterocycles. The Balaban J connectivity index is 2.70. The monoisotopic (exact) mass is 296 g/mol. The minimum absolute atomic E-state index is 0.0297. The molecule has 0 aromatic heterocycles. The van der Waals surface area contributed by atoms with Crippen LogP contribution in [0.1, 0.15) is 23.2 Å². The van der Waals surface area contributed by atoms with Gasteiger partial charge in [-0.1, -0.05) is 17.7 Å². The summed E-state index contributed by atoms with van der Waals surface area (Å²) in [5, 5.41) is 11.8. The zero-order chi connectivity index (χ0) is 15.1. The van der Waals surface area contributed by atoms with E-state index >= 15 is 0 Å². The molecule has 0 aliphatic carbocycles. The topological polar surface area (TPSA) is 69.6 Å². The van der Waals surface area contributed by atoms with Gasteiger partial charge in [-0.15, -0.1) is 6.58 Å². The molecular formula is C14H17ClN2O3. The zero-order valence-electron chi connectivity index (χ0n) is 11.2. The number of aromatic carboxylic acids is 1. The van der Waals surface area contributed by atoms with E-state index in [0.717, 1.165) is 12.8 Å². The van der Waals surface area contributed by atoms with E-state index in [-0.39, 0.29) is 16.6 Å². The van der Waals surface area contributed by atoms with Gasteiger partial charge in [0.1, 0.15) is 0 Å². The lowest BCUT2D eigenvalue weighted by Gasteiger charge is -2.17. The normalized spacial score (nSPS) is 9.90. The van der Waals surface area contributed by atoms with E-state index in [4.69, 9.17) is 16.7 Å². The van der Waals surface area contributed by atoms with E-state index in [1.807, 2.05) is 0 Å². The fraction of sp³-hybridized carbons (Fsp3) is 0.286. The van der Waals surface area contributed by atoms with Crippen molar-refractivity contribution in [3.05, 3.63) is 41.4 Å². The Morgan fingerprint density at radius 1 is 1.45 bits per heavy atom. The van der Waals surface area contributed by atoms with E-state index in [1.54, 1.807) is 13.1 Å². The number of hydrogen-bond donors (Lipinski definition) is 2. The maximum absolute atomic E-state index is 11.9. The van der Waals surface area contributed by atoms with Gasteiger partial charge in [-0.25, -0.2) is 9.59 Å². The zero-order valence-corrected chi connectivity index (χ0v) is 12.0. The summed E-state index contributed by atoms with van der Waals surface area (Å²) in [6, 6.07) is 3.88. The van der Waals surface area contributed by atoms with Crippen LogP contribution in [-0.2, 0) is 0 Å². The lowest BCUT2D eigenvalue weighted by molar-refractivity contribution is 0.0697. The third-order valence-corrected chi connectivity index (χ3v) is 2.86. The summed E-state index contributed by atoms with van der Waals surface area (Å²) >= 11 is 5.82. The predicted octanol–water partition coefficient (Wildman–Crippen LogP) is 3.47. The summed E-state index contributed by atoms with van der Waals surface area (Å²) in [5.74, 6) is -1.10. The first kappa shape index (κ1) is 16.0. The quantitative estimate of drug-likeness (QED) is 0.624. The van der Waals surface area contributed by atoms with Gasteiger partial charge >= 0.3 is 12.0 Å². The standard InChI is InChI=1S/C14H17ClN2O3/c1-3-4-5-6-17(2)14(20)16-12-8-10(13(18)19)7-11(15)9-12/h3,7-9H,1,4-6H2,2H3,(H,16,20)(H,18,19). The number of carboxylic acids is 1. The number of halogens is 1. The molecule has 0 spiro atoms. The van der Waals surface area contributed by atoms with Crippen LogP contribution < -0.4 is 5.32 Å². The SMILES string of the molecule is C=CCCCN(C)C(=O)Nc1cc(Cl)cc(C(=O)O)c1. The second-order valence-electron chi connectivity index (χ2n) is 4.32. The van der Waals surface area contributed by atoms with Gasteiger partial charge in [0.15, 0.2) is 0 Å². The molecule has 0 saturated heterocycles. The first-order chi connectivity index (χ1) is 9.43. The van der Waals surface area contributed by atoms with Crippen LogP contribution in [-0.4, -0.2) is 35.6 Å². The summed E-state index contributed by atoms with van der Waals surface area (Å²) in [6.07, 6.45) is 3.45. The van der Waals surface area contributed by atoms with Gasteiger partial charge in [0.25, 0.3) is 0 Å². The van der Waals surface area contributed by atoms with Crippen molar-refractivity contribution < 1.29 is 14.7 Å². The van der Waals surface area contributed by atoms with Crippen molar-refractivity contribution in [2.75, 3.05) is 18.9 Å². The number of hydrogen-bond acceptors (Lipinski definition) is 2. The molecular weight excluding hydrogens is 280 g/mol. The highest BCUT2D eigenvalue weighted by Gasteiger charge is 2.11. The Kier molecular flexibility index (Phi) is 6.06. The first-order valence-corrected chi connectivity index (χ1v) is 6.48. The van der Waals surface area contributed by atoms with E-state index in [9.17, 15) is 9.59 Å². The van der Waals surface area contributed by atoms with Crippen LogP contribution in [0.25, 0.3) is 0 Å². The minimum atomic E-state index is -1.10. The van der Waals surface area contributed by atoms with Crippen molar-refractivity contribution >= 4 is 29.3 Å². The first-order valence-electron chi connectivity index (χ1n) is 6.11. The van der Waals surface area contributed by atoms with Gasteiger partial charge in [0.2, 0.25) is 0 Å². The van der Waals surface area contributed by atoms with Crippen molar-refractivity contribution in [1.82, 2.24) is 4.90 Å². The number of carbonyl (C=O) groups is 2. The summed E-state index contributed by atoms with van der Waals surface area (Å²) in [5.41, 5.74) is 0.387. The highest BCUT2D eigenvalue weighted by atomic mass is 35.5. The summed E-state index contributed by atoms with van der Waals surface area (Å²) < 4.78 is 0. The Morgan fingerprint density at radius 2 is 2.15 bits per heavy atom. The number of unbranched alkanes of at least 4 members (excludes halogenated alkanes) is 1. The molecule has 0 aliphatic rings. The number of benzene rings is 1. The Morgan fingerprint density at radius 3 is 2.75 bits per heavy atom. The number of nitrogens with one attached hydrogen (secondary N) is 1. The van der Waals surface area contributed by atoms with Crippen LogP contribution >= 0.6 is 11.6 Å². The smallest absolute Gasteiger partial charge is 0.335 e. The number of anilines is 1. The van der Waals surface area contributed by atoms with Gasteiger partial charge in [-0.2, -0.15) is 0 Å². The number of nitrogens with zero attached hydrogens (tertiary/aromatic N) is 1. The summed E-state index contributed by atoms with van der Waals surface area (Å²) in [4.78, 5) is 24.3. The summed E-state index contributed by atoms with van der Waals surface area (Å²) in [7, 11) is 1.67. The highest BCUT2D eigenvalue weighted by molar-refractivity contribution is 6.31. The van der Waals surface area contributed by atoms with Crippen LogP contribution in [0.4, 0.5) is 10.5 Å².